The van der Waals surface area contributed by atoms with Crippen LogP contribution >= 0.6 is 0 Å². The lowest BCUT2D eigenvalue weighted by atomic mass is 10.2. The lowest BCUT2D eigenvalue weighted by Crippen LogP contribution is -2.10. The SMILES string of the molecule is COC(=O)Nc1ccc(COC(=O)O)cc1. The van der Waals surface area contributed by atoms with Crippen LogP contribution in [0.25, 0.3) is 0 Å². The molecule has 0 aliphatic heterocycles. The zero-order chi connectivity index (χ0) is 12.0. The minimum Gasteiger partial charge on any atom is -0.453 e. The van der Waals surface area contributed by atoms with Gasteiger partial charge < -0.3 is 14.6 Å². The molecule has 6 heteroatoms. The Labute approximate surface area is 91.8 Å². The van der Waals surface area contributed by atoms with Crippen molar-refractivity contribution in [3.63, 3.8) is 0 Å². The first-order valence-corrected chi connectivity index (χ1v) is 4.41. The molecule has 0 heterocycles. The highest BCUT2D eigenvalue weighted by Crippen LogP contribution is 2.10. The molecule has 1 rings (SSSR count). The van der Waals surface area contributed by atoms with Crippen molar-refractivity contribution in [2.24, 2.45) is 0 Å². The summed E-state index contributed by atoms with van der Waals surface area (Å²) in [7, 11) is 1.27. The summed E-state index contributed by atoms with van der Waals surface area (Å²) in [4.78, 5) is 21.0. The number of hydrogen-bond acceptors (Lipinski definition) is 4. The highest BCUT2D eigenvalue weighted by Gasteiger charge is 2.01. The van der Waals surface area contributed by atoms with Gasteiger partial charge >= 0.3 is 12.2 Å². The predicted molar refractivity (Wildman–Crippen MR) is 55.3 cm³/mol. The van der Waals surface area contributed by atoms with Crippen LogP contribution in [0.1, 0.15) is 5.56 Å². The van der Waals surface area contributed by atoms with Gasteiger partial charge in [-0.2, -0.15) is 0 Å². The molecule has 0 saturated carbocycles. The van der Waals surface area contributed by atoms with Gasteiger partial charge in [0.2, 0.25) is 0 Å². The summed E-state index contributed by atoms with van der Waals surface area (Å²) in [5.41, 5.74) is 1.25. The van der Waals surface area contributed by atoms with Crippen molar-refractivity contribution in [2.75, 3.05) is 12.4 Å². The molecule has 0 saturated heterocycles. The minimum absolute atomic E-state index is 0.0200. The van der Waals surface area contributed by atoms with Crippen LogP contribution in [-0.4, -0.2) is 24.5 Å². The zero-order valence-corrected chi connectivity index (χ0v) is 8.60. The van der Waals surface area contributed by atoms with Crippen molar-refractivity contribution in [2.45, 2.75) is 6.61 Å². The second-order valence-corrected chi connectivity index (χ2v) is 2.87. The number of hydrogen-bond donors (Lipinski definition) is 2. The Kier molecular flexibility index (Phi) is 4.14. The maximum Gasteiger partial charge on any atom is 0.506 e. The van der Waals surface area contributed by atoms with E-state index in [1.165, 1.54) is 7.11 Å². The number of carboxylic acid groups (broad SMARTS) is 1. The Morgan fingerprint density at radius 3 is 2.44 bits per heavy atom. The molecule has 0 atom stereocenters. The molecule has 0 aliphatic carbocycles. The lowest BCUT2D eigenvalue weighted by Gasteiger charge is -2.05. The van der Waals surface area contributed by atoms with Crippen molar-refractivity contribution < 1.29 is 24.2 Å². The average Bonchev–Trinajstić information content (AvgIpc) is 2.28. The van der Waals surface area contributed by atoms with Gasteiger partial charge in [0.15, 0.2) is 0 Å². The molecule has 86 valence electrons. The number of nitrogens with one attached hydrogen (secondary N) is 1. The number of rotatable bonds is 3. The van der Waals surface area contributed by atoms with E-state index in [1.54, 1.807) is 24.3 Å². The van der Waals surface area contributed by atoms with Gasteiger partial charge in [0.1, 0.15) is 6.61 Å². The first-order valence-electron chi connectivity index (χ1n) is 4.41. The van der Waals surface area contributed by atoms with Crippen molar-refractivity contribution >= 4 is 17.9 Å². The molecule has 0 bridgehead atoms. The monoisotopic (exact) mass is 225 g/mol. The van der Waals surface area contributed by atoms with Crippen LogP contribution < -0.4 is 5.32 Å². The molecule has 1 amide bonds. The summed E-state index contributed by atoms with van der Waals surface area (Å²) in [6.07, 6.45) is -1.88. The second kappa shape index (κ2) is 5.59. The number of methoxy groups -OCH3 is 1. The maximum absolute atomic E-state index is 10.8. The average molecular weight is 225 g/mol. The third-order valence-corrected chi connectivity index (χ3v) is 1.75. The van der Waals surface area contributed by atoms with E-state index in [2.05, 4.69) is 14.8 Å². The van der Waals surface area contributed by atoms with Crippen LogP contribution in [0.5, 0.6) is 0 Å². The zero-order valence-electron chi connectivity index (χ0n) is 8.60. The van der Waals surface area contributed by atoms with Crippen LogP contribution in [-0.2, 0) is 16.1 Å². The van der Waals surface area contributed by atoms with Crippen LogP contribution in [0.2, 0.25) is 0 Å². The van der Waals surface area contributed by atoms with E-state index in [-0.39, 0.29) is 6.61 Å². The molecule has 6 nitrogen and oxygen atoms in total. The number of ether oxygens (including phenoxy) is 2. The molecule has 0 radical (unpaired) electrons. The third kappa shape index (κ3) is 3.87. The van der Waals surface area contributed by atoms with E-state index in [9.17, 15) is 9.59 Å². The summed E-state index contributed by atoms with van der Waals surface area (Å²) in [6, 6.07) is 6.54. The molecule has 2 N–H and O–H groups in total. The summed E-state index contributed by atoms with van der Waals surface area (Å²) in [5.74, 6) is 0. The van der Waals surface area contributed by atoms with Crippen LogP contribution in [0.3, 0.4) is 0 Å². The summed E-state index contributed by atoms with van der Waals surface area (Å²) in [6.45, 7) is -0.0200. The molecule has 1 aromatic rings. The van der Waals surface area contributed by atoms with Gasteiger partial charge in [-0.05, 0) is 17.7 Å². The quantitative estimate of drug-likeness (QED) is 0.769. The lowest BCUT2D eigenvalue weighted by molar-refractivity contribution is 0.0854. The maximum atomic E-state index is 10.8. The Morgan fingerprint density at radius 1 is 1.31 bits per heavy atom. The Morgan fingerprint density at radius 2 is 1.94 bits per heavy atom. The van der Waals surface area contributed by atoms with Gasteiger partial charge in [-0.3, -0.25) is 5.32 Å². The van der Waals surface area contributed by atoms with E-state index < -0.39 is 12.2 Å². The van der Waals surface area contributed by atoms with Gasteiger partial charge in [0, 0.05) is 5.69 Å². The number of carbonyl (C=O) groups is 2. The van der Waals surface area contributed by atoms with Gasteiger partial charge in [0.25, 0.3) is 0 Å². The fourth-order valence-electron chi connectivity index (χ4n) is 0.998. The highest BCUT2D eigenvalue weighted by atomic mass is 16.7. The second-order valence-electron chi connectivity index (χ2n) is 2.87. The van der Waals surface area contributed by atoms with Crippen molar-refractivity contribution in [1.29, 1.82) is 0 Å². The van der Waals surface area contributed by atoms with E-state index in [1.807, 2.05) is 0 Å². The molecule has 0 spiro atoms. The van der Waals surface area contributed by atoms with Gasteiger partial charge in [0.05, 0.1) is 7.11 Å². The Balaban J connectivity index is 2.54. The summed E-state index contributed by atoms with van der Waals surface area (Å²) >= 11 is 0. The topological polar surface area (TPSA) is 84.9 Å². The predicted octanol–water partition coefficient (Wildman–Crippen LogP) is 2.06. The van der Waals surface area contributed by atoms with Crippen LogP contribution in [0.15, 0.2) is 24.3 Å². The van der Waals surface area contributed by atoms with Gasteiger partial charge in [-0.25, -0.2) is 9.59 Å². The Bertz CT molecular complexity index is 373. The molecular formula is C10H11NO5. The molecule has 0 unspecified atom stereocenters. The first-order chi connectivity index (χ1) is 7.61. The van der Waals surface area contributed by atoms with E-state index in [0.29, 0.717) is 11.3 Å². The van der Waals surface area contributed by atoms with Gasteiger partial charge in [-0.15, -0.1) is 0 Å². The smallest absolute Gasteiger partial charge is 0.453 e. The number of amides is 1. The molecular weight excluding hydrogens is 214 g/mol. The standard InChI is InChI=1S/C10H11NO5/c1-15-9(12)11-8-4-2-7(3-5-8)6-16-10(13)14/h2-5H,6H2,1H3,(H,11,12)(H,13,14). The van der Waals surface area contributed by atoms with E-state index >= 15 is 0 Å². The van der Waals surface area contributed by atoms with E-state index in [0.717, 1.165) is 0 Å². The van der Waals surface area contributed by atoms with Crippen molar-refractivity contribution in [1.82, 2.24) is 0 Å². The van der Waals surface area contributed by atoms with Crippen molar-refractivity contribution in [3.05, 3.63) is 29.8 Å². The molecule has 1 aromatic carbocycles. The molecule has 0 fully saturated rings. The molecule has 16 heavy (non-hydrogen) atoms. The van der Waals surface area contributed by atoms with Crippen LogP contribution in [0.4, 0.5) is 15.3 Å². The summed E-state index contributed by atoms with van der Waals surface area (Å²) in [5, 5.41) is 10.7. The molecule has 0 aromatic heterocycles. The molecule has 0 aliphatic rings. The normalized spacial score (nSPS) is 9.31. The first kappa shape index (κ1) is 11.8. The fourth-order valence-corrected chi connectivity index (χ4v) is 0.998. The third-order valence-electron chi connectivity index (χ3n) is 1.75. The van der Waals surface area contributed by atoms with Crippen LogP contribution in [0, 0.1) is 0 Å². The van der Waals surface area contributed by atoms with E-state index in [4.69, 9.17) is 5.11 Å². The number of anilines is 1. The fraction of sp³-hybridized carbons (Fsp3) is 0.200. The minimum atomic E-state index is -1.32. The number of carbonyl (C=O) groups excluding carboxylic acids is 1. The Hall–Kier alpha value is -2.24. The number of benzene rings is 1. The largest absolute Gasteiger partial charge is 0.506 e. The highest BCUT2D eigenvalue weighted by molar-refractivity contribution is 5.84. The van der Waals surface area contributed by atoms with Crippen molar-refractivity contribution in [3.8, 4) is 0 Å². The summed E-state index contributed by atoms with van der Waals surface area (Å²) < 4.78 is 8.79. The van der Waals surface area contributed by atoms with Gasteiger partial charge in [-0.1, -0.05) is 12.1 Å².